The van der Waals surface area contributed by atoms with Gasteiger partial charge in [-0.25, -0.2) is 4.39 Å². The first-order chi connectivity index (χ1) is 19.9. The lowest BCUT2D eigenvalue weighted by Gasteiger charge is -2.37. The van der Waals surface area contributed by atoms with E-state index in [0.29, 0.717) is 35.2 Å². The average Bonchev–Trinajstić information content (AvgIpc) is 3.41. The van der Waals surface area contributed by atoms with Crippen LogP contribution in [0.2, 0.25) is 10.0 Å². The normalized spacial score (nSPS) is 26.5. The van der Waals surface area contributed by atoms with Gasteiger partial charge in [-0.2, -0.15) is 0 Å². The molecule has 0 aliphatic carbocycles. The molecule has 0 unspecified atom stereocenters. The van der Waals surface area contributed by atoms with Gasteiger partial charge in [0.15, 0.2) is 0 Å². The van der Waals surface area contributed by atoms with Crippen molar-refractivity contribution in [2.75, 3.05) is 38.1 Å². The van der Waals surface area contributed by atoms with Gasteiger partial charge in [0.2, 0.25) is 11.8 Å². The van der Waals surface area contributed by atoms with Gasteiger partial charge in [0, 0.05) is 35.8 Å². The number of nitrogens with one attached hydrogen (secondary N) is 3. The second-order valence-corrected chi connectivity index (χ2v) is 14.1. The van der Waals surface area contributed by atoms with Crippen molar-refractivity contribution in [1.82, 2.24) is 15.5 Å². The van der Waals surface area contributed by atoms with Crippen molar-refractivity contribution < 1.29 is 19.1 Å². The van der Waals surface area contributed by atoms with Gasteiger partial charge in [0.1, 0.15) is 11.2 Å². The first-order valence-corrected chi connectivity index (χ1v) is 15.6. The van der Waals surface area contributed by atoms with Crippen LogP contribution >= 0.6 is 23.2 Å². The van der Waals surface area contributed by atoms with Gasteiger partial charge in [-0.1, -0.05) is 56.1 Å². The van der Waals surface area contributed by atoms with Crippen molar-refractivity contribution in [3.63, 3.8) is 0 Å². The summed E-state index contributed by atoms with van der Waals surface area (Å²) in [5, 5.41) is 19.5. The number of hydrogen-bond acceptors (Lipinski definition) is 5. The molecular weight excluding hydrogens is 578 g/mol. The van der Waals surface area contributed by atoms with E-state index in [1.54, 1.807) is 12.1 Å². The molecule has 0 saturated carbocycles. The molecule has 228 valence electrons. The number of carbonyl (C=O) groups excluding carboxylic acids is 2. The summed E-state index contributed by atoms with van der Waals surface area (Å²) in [6.45, 7) is 9.76. The number of fused-ring (bicyclic) bond motifs is 2. The van der Waals surface area contributed by atoms with E-state index in [0.717, 1.165) is 44.5 Å². The molecule has 3 aliphatic heterocycles. The minimum Gasteiger partial charge on any atom is -0.396 e. The Labute approximate surface area is 257 Å². The molecule has 4 N–H and O–H groups in total. The van der Waals surface area contributed by atoms with Crippen LogP contribution in [0.15, 0.2) is 36.4 Å². The van der Waals surface area contributed by atoms with E-state index >= 15 is 4.39 Å². The van der Waals surface area contributed by atoms with Crippen LogP contribution in [0, 0.1) is 17.2 Å². The Morgan fingerprint density at radius 2 is 1.93 bits per heavy atom. The van der Waals surface area contributed by atoms with Crippen molar-refractivity contribution in [3.05, 3.63) is 63.4 Å². The Morgan fingerprint density at radius 1 is 1.19 bits per heavy atom. The zero-order valence-corrected chi connectivity index (χ0v) is 26.0. The molecule has 4 atom stereocenters. The van der Waals surface area contributed by atoms with Crippen molar-refractivity contribution in [3.8, 4) is 0 Å². The number of likely N-dealkylation sites (tertiary alicyclic amines) is 1. The topological polar surface area (TPSA) is 93.7 Å². The largest absolute Gasteiger partial charge is 0.396 e. The molecule has 3 heterocycles. The minimum atomic E-state index is -1.27. The first-order valence-electron chi connectivity index (χ1n) is 14.9. The van der Waals surface area contributed by atoms with Crippen molar-refractivity contribution in [1.29, 1.82) is 0 Å². The molecule has 2 aromatic rings. The van der Waals surface area contributed by atoms with E-state index in [2.05, 4.69) is 41.6 Å². The number of anilines is 1. The number of carbonyl (C=O) groups is 2. The maximum Gasteiger partial charge on any atom is 0.237 e. The van der Waals surface area contributed by atoms with Gasteiger partial charge in [-0.3, -0.25) is 9.59 Å². The summed E-state index contributed by atoms with van der Waals surface area (Å²) in [5.41, 5.74) is 0.231. The van der Waals surface area contributed by atoms with Gasteiger partial charge in [0.25, 0.3) is 0 Å². The third-order valence-electron chi connectivity index (χ3n) is 9.11. The van der Waals surface area contributed by atoms with Crippen molar-refractivity contribution in [2.45, 2.75) is 69.9 Å². The Hall–Kier alpha value is -2.23. The molecule has 0 bridgehead atoms. The van der Waals surface area contributed by atoms with Crippen molar-refractivity contribution in [2.24, 2.45) is 11.3 Å². The fourth-order valence-electron chi connectivity index (χ4n) is 7.15. The van der Waals surface area contributed by atoms with E-state index in [1.165, 1.54) is 12.1 Å². The summed E-state index contributed by atoms with van der Waals surface area (Å²) in [4.78, 5) is 30.5. The fourth-order valence-corrected chi connectivity index (χ4v) is 7.51. The van der Waals surface area contributed by atoms with Crippen LogP contribution in [0.4, 0.5) is 10.1 Å². The third kappa shape index (κ3) is 6.06. The van der Waals surface area contributed by atoms with Gasteiger partial charge < -0.3 is 26.0 Å². The van der Waals surface area contributed by atoms with Gasteiger partial charge in [0.05, 0.1) is 11.1 Å². The lowest BCUT2D eigenvalue weighted by atomic mass is 9.62. The molecule has 2 amide bonds. The molecule has 2 aromatic carbocycles. The SMILES string of the molecule is CC(C)(C)C[C@H]1N[C@@H](C(=O)NCCCN2CCC(CO)CC2)[C@H](c2cccc(Cl)c2)[C@@]12C(=O)Nc1cc(Cl)c(F)cc12. The zero-order valence-electron chi connectivity index (χ0n) is 24.5. The highest BCUT2D eigenvalue weighted by Crippen LogP contribution is 2.57. The van der Waals surface area contributed by atoms with Crippen LogP contribution in [-0.2, 0) is 15.0 Å². The zero-order chi connectivity index (χ0) is 30.2. The fraction of sp³-hybridized carbons (Fsp3) is 0.562. The van der Waals surface area contributed by atoms with E-state index in [1.807, 2.05) is 12.1 Å². The second kappa shape index (κ2) is 12.4. The number of rotatable bonds is 8. The molecule has 2 saturated heterocycles. The maximum absolute atomic E-state index is 15.0. The van der Waals surface area contributed by atoms with Crippen molar-refractivity contribution >= 4 is 40.7 Å². The van der Waals surface area contributed by atoms with Gasteiger partial charge in [-0.15, -0.1) is 0 Å². The highest BCUT2D eigenvalue weighted by molar-refractivity contribution is 6.31. The Morgan fingerprint density at radius 3 is 2.60 bits per heavy atom. The van der Waals surface area contributed by atoms with Crippen LogP contribution in [0.25, 0.3) is 0 Å². The highest BCUT2D eigenvalue weighted by Gasteiger charge is 2.65. The Balaban J connectivity index is 1.46. The van der Waals surface area contributed by atoms with Gasteiger partial charge >= 0.3 is 0 Å². The molecule has 42 heavy (non-hydrogen) atoms. The molecule has 2 fully saturated rings. The highest BCUT2D eigenvalue weighted by atomic mass is 35.5. The molecule has 0 aromatic heterocycles. The number of hydrogen-bond donors (Lipinski definition) is 4. The number of amides is 2. The lowest BCUT2D eigenvalue weighted by molar-refractivity contribution is -0.123. The molecule has 5 rings (SSSR count). The van der Waals surface area contributed by atoms with Crippen LogP contribution in [-0.4, -0.2) is 66.7 Å². The molecule has 10 heteroatoms. The minimum absolute atomic E-state index is 0.0707. The molecule has 3 aliphatic rings. The average molecular weight is 620 g/mol. The monoisotopic (exact) mass is 618 g/mol. The predicted molar refractivity (Wildman–Crippen MR) is 165 cm³/mol. The number of piperidine rings is 1. The van der Waals surface area contributed by atoms with E-state index in [9.17, 15) is 14.7 Å². The van der Waals surface area contributed by atoms with Gasteiger partial charge in [-0.05, 0) is 92.0 Å². The van der Waals surface area contributed by atoms with Crippen LogP contribution in [0.5, 0.6) is 0 Å². The Kier molecular flexibility index (Phi) is 9.22. The predicted octanol–water partition coefficient (Wildman–Crippen LogP) is 5.09. The number of benzene rings is 2. The van der Waals surface area contributed by atoms with E-state index in [4.69, 9.17) is 23.2 Å². The number of halogens is 3. The summed E-state index contributed by atoms with van der Waals surface area (Å²) in [6, 6.07) is 8.83. The molecular formula is C32H41Cl2FN4O3. The van der Waals surface area contributed by atoms with Crippen LogP contribution in [0.3, 0.4) is 0 Å². The maximum atomic E-state index is 15.0. The molecule has 7 nitrogen and oxygen atoms in total. The summed E-state index contributed by atoms with van der Waals surface area (Å²) < 4.78 is 15.0. The number of nitrogens with zero attached hydrogens (tertiary/aromatic N) is 1. The standard InChI is InChI=1S/C32H41Cl2FN4O3/c1-31(2,3)17-26-32(22-15-24(35)23(34)16-25(22)37-30(32)42)27(20-6-4-7-21(33)14-20)28(38-26)29(41)36-10-5-11-39-12-8-19(18-40)9-13-39/h4,6-7,14-16,19,26-28,38,40H,5,8-13,17-18H2,1-3H3,(H,36,41)(H,37,42)/t26-,27+,28-,32+/m1/s1. The summed E-state index contributed by atoms with van der Waals surface area (Å²) in [6.07, 6.45) is 3.33. The first kappa shape index (κ1) is 31.2. The van der Waals surface area contributed by atoms with Crippen LogP contribution < -0.4 is 16.0 Å². The summed E-state index contributed by atoms with van der Waals surface area (Å²) >= 11 is 12.6. The Bertz CT molecular complexity index is 1330. The third-order valence-corrected chi connectivity index (χ3v) is 9.63. The second-order valence-electron chi connectivity index (χ2n) is 13.2. The smallest absolute Gasteiger partial charge is 0.237 e. The molecule has 1 spiro atoms. The van der Waals surface area contributed by atoms with Crippen LogP contribution in [0.1, 0.15) is 63.5 Å². The van der Waals surface area contributed by atoms with E-state index in [-0.39, 0.29) is 28.9 Å². The quantitative estimate of drug-likeness (QED) is 0.309. The number of aliphatic hydroxyl groups is 1. The number of aliphatic hydroxyl groups excluding tert-OH is 1. The molecule has 0 radical (unpaired) electrons. The lowest BCUT2D eigenvalue weighted by Crippen LogP contribution is -2.49. The van der Waals surface area contributed by atoms with E-state index < -0.39 is 29.2 Å². The summed E-state index contributed by atoms with van der Waals surface area (Å²) in [7, 11) is 0. The summed E-state index contributed by atoms with van der Waals surface area (Å²) in [5.74, 6) is -1.36.